The van der Waals surface area contributed by atoms with Gasteiger partial charge in [0.2, 0.25) is 17.7 Å². The van der Waals surface area contributed by atoms with Crippen LogP contribution in [0.5, 0.6) is 5.75 Å². The van der Waals surface area contributed by atoms with E-state index in [0.717, 1.165) is 42.2 Å². The van der Waals surface area contributed by atoms with Gasteiger partial charge in [-0.05, 0) is 49.9 Å². The maximum Gasteiger partial charge on any atom is 0.255 e. The summed E-state index contributed by atoms with van der Waals surface area (Å²) < 4.78 is 7.70. The highest BCUT2D eigenvalue weighted by atomic mass is 16.5. The Balaban J connectivity index is 0.899. The highest BCUT2D eigenvalue weighted by Gasteiger charge is 2.41. The smallest absolute Gasteiger partial charge is 0.255 e. The third kappa shape index (κ3) is 6.76. The maximum atomic E-state index is 13.2. The van der Waals surface area contributed by atoms with Gasteiger partial charge >= 0.3 is 0 Å². The molecule has 5 heterocycles. The first-order valence-electron chi connectivity index (χ1n) is 18.8. The normalized spacial score (nSPS) is 19.1. The molecule has 3 aliphatic heterocycles. The van der Waals surface area contributed by atoms with E-state index in [1.165, 1.54) is 17.7 Å². The molecule has 3 N–H and O–H groups in total. The van der Waals surface area contributed by atoms with Crippen LogP contribution in [-0.2, 0) is 27.3 Å². The molecule has 1 saturated carbocycles. The molecule has 4 aliphatic rings. The lowest BCUT2D eigenvalue weighted by Gasteiger charge is -2.40. The third-order valence-electron chi connectivity index (χ3n) is 11.0. The number of rotatable bonds is 11. The SMILES string of the molecule is CC[C@@H]1c2nncn2-c2cnc(Cc3ccc(C(=O)NCCC(=O)Nc4cccc5c4CN(C4CCC(=O)NC4=O)C5=O)cc3OC)nc2N1C1CCCC1. The summed E-state index contributed by atoms with van der Waals surface area (Å²) in [5, 5.41) is 16.6. The van der Waals surface area contributed by atoms with E-state index in [1.54, 1.807) is 43.8 Å². The van der Waals surface area contributed by atoms with Crippen molar-refractivity contribution in [3.63, 3.8) is 0 Å². The molecular weight excluding hydrogens is 704 g/mol. The predicted octanol–water partition coefficient (Wildman–Crippen LogP) is 3.39. The number of methoxy groups -OCH3 is 1. The number of amides is 5. The fraction of sp³-hybridized carbons (Fsp3) is 0.410. The Morgan fingerprint density at radius 1 is 1.07 bits per heavy atom. The van der Waals surface area contributed by atoms with Gasteiger partial charge in [-0.25, -0.2) is 9.97 Å². The Kier molecular flexibility index (Phi) is 9.71. The fourth-order valence-electron chi connectivity index (χ4n) is 8.27. The number of carbonyl (C=O) groups excluding carboxylic acids is 5. The Morgan fingerprint density at radius 3 is 2.69 bits per heavy atom. The summed E-state index contributed by atoms with van der Waals surface area (Å²) >= 11 is 0. The van der Waals surface area contributed by atoms with Gasteiger partial charge in [-0.1, -0.05) is 31.9 Å². The molecule has 0 radical (unpaired) electrons. The minimum Gasteiger partial charge on any atom is -0.496 e. The fourth-order valence-corrected chi connectivity index (χ4v) is 8.27. The Hall–Kier alpha value is -6.19. The number of nitrogens with one attached hydrogen (secondary N) is 3. The van der Waals surface area contributed by atoms with E-state index in [4.69, 9.17) is 14.7 Å². The second-order valence-electron chi connectivity index (χ2n) is 14.3. The lowest BCUT2D eigenvalue weighted by atomic mass is 10.0. The summed E-state index contributed by atoms with van der Waals surface area (Å²) in [7, 11) is 1.55. The molecule has 2 fully saturated rings. The van der Waals surface area contributed by atoms with E-state index < -0.39 is 11.9 Å². The molecule has 0 bridgehead atoms. The summed E-state index contributed by atoms with van der Waals surface area (Å²) in [5.74, 6) is 1.04. The van der Waals surface area contributed by atoms with E-state index in [1.807, 2.05) is 16.8 Å². The highest BCUT2D eigenvalue weighted by Crippen LogP contribution is 2.42. The molecule has 55 heavy (non-hydrogen) atoms. The van der Waals surface area contributed by atoms with Gasteiger partial charge in [0.25, 0.3) is 11.8 Å². The Labute approximate surface area is 317 Å². The average Bonchev–Trinajstić information content (AvgIpc) is 3.96. The zero-order valence-electron chi connectivity index (χ0n) is 30.7. The molecule has 2 atom stereocenters. The summed E-state index contributed by atoms with van der Waals surface area (Å²) in [6.45, 7) is 2.36. The zero-order valence-corrected chi connectivity index (χ0v) is 30.7. The van der Waals surface area contributed by atoms with Gasteiger partial charge in [-0.3, -0.25) is 33.9 Å². The van der Waals surface area contributed by atoms with Crippen molar-refractivity contribution in [1.82, 2.24) is 40.3 Å². The number of imide groups is 1. The van der Waals surface area contributed by atoms with E-state index in [-0.39, 0.29) is 62.0 Å². The number of aromatic nitrogens is 5. The van der Waals surface area contributed by atoms with Crippen LogP contribution in [0.25, 0.3) is 5.69 Å². The van der Waals surface area contributed by atoms with Crippen molar-refractivity contribution >= 4 is 41.0 Å². The number of nitrogens with zero attached hydrogens (tertiary/aromatic N) is 7. The predicted molar refractivity (Wildman–Crippen MR) is 199 cm³/mol. The summed E-state index contributed by atoms with van der Waals surface area (Å²) in [4.78, 5) is 77.0. The topological polar surface area (TPSA) is 194 Å². The number of hydrogen-bond acceptors (Lipinski definition) is 11. The van der Waals surface area contributed by atoms with Gasteiger partial charge in [0.05, 0.1) is 19.3 Å². The summed E-state index contributed by atoms with van der Waals surface area (Å²) in [5.41, 5.74) is 3.52. The zero-order chi connectivity index (χ0) is 38.2. The largest absolute Gasteiger partial charge is 0.496 e. The first-order chi connectivity index (χ1) is 26.7. The van der Waals surface area contributed by atoms with E-state index in [9.17, 15) is 24.0 Å². The van der Waals surface area contributed by atoms with Crippen LogP contribution >= 0.6 is 0 Å². The number of ether oxygens (including phenoxy) is 1. The van der Waals surface area contributed by atoms with Crippen LogP contribution in [-0.4, -0.2) is 84.9 Å². The second kappa shape index (κ2) is 14.9. The standard InChI is InChI=1S/C39H42N10O6/c1-3-28-36-46-42-21-48(36)30-19-41-32(44-35(30)49(28)24-7-4-5-8-24)18-22-11-12-23(17-31(22)55-2)37(52)40-16-15-34(51)43-27-10-6-9-25-26(27)20-47(39(25)54)29-13-14-33(50)45-38(29)53/h6,9-12,17,19,21,24,28-29H,3-5,7-8,13-16,18,20H2,1-2H3,(H,40,52)(H,43,51)(H,45,50,53)/t28-,29?/m1/s1. The van der Waals surface area contributed by atoms with Crippen molar-refractivity contribution in [2.24, 2.45) is 0 Å². The van der Waals surface area contributed by atoms with Gasteiger partial charge in [0.15, 0.2) is 11.6 Å². The highest BCUT2D eigenvalue weighted by molar-refractivity contribution is 6.07. The molecule has 2 aromatic carbocycles. The van der Waals surface area contributed by atoms with Crippen LogP contribution < -0.4 is 25.6 Å². The molecule has 0 spiro atoms. The van der Waals surface area contributed by atoms with Gasteiger partial charge in [0.1, 0.15) is 29.6 Å². The number of piperidine rings is 1. The van der Waals surface area contributed by atoms with E-state index in [0.29, 0.717) is 46.4 Å². The molecular formula is C39H42N10O6. The van der Waals surface area contributed by atoms with Crippen molar-refractivity contribution in [2.45, 2.75) is 89.4 Å². The minimum atomic E-state index is -0.757. The van der Waals surface area contributed by atoms with Crippen LogP contribution in [0.3, 0.4) is 0 Å². The number of benzene rings is 2. The lowest BCUT2D eigenvalue weighted by molar-refractivity contribution is -0.137. The number of anilines is 2. The van der Waals surface area contributed by atoms with Crippen molar-refractivity contribution < 1.29 is 28.7 Å². The maximum absolute atomic E-state index is 13.2. The number of carbonyl (C=O) groups is 5. The first kappa shape index (κ1) is 35.8. The van der Waals surface area contributed by atoms with E-state index in [2.05, 4.69) is 38.0 Å². The molecule has 5 amide bonds. The third-order valence-corrected chi connectivity index (χ3v) is 11.0. The van der Waals surface area contributed by atoms with Crippen molar-refractivity contribution in [3.05, 3.63) is 82.8 Å². The molecule has 1 unspecified atom stereocenters. The monoisotopic (exact) mass is 746 g/mol. The van der Waals surface area contributed by atoms with Gasteiger partial charge in [-0.15, -0.1) is 10.2 Å². The molecule has 8 rings (SSSR count). The van der Waals surface area contributed by atoms with Gasteiger partial charge in [0, 0.05) is 66.3 Å². The lowest BCUT2D eigenvalue weighted by Crippen LogP contribution is -2.52. The van der Waals surface area contributed by atoms with Gasteiger partial charge < -0.3 is 25.2 Å². The molecule has 284 valence electrons. The molecule has 1 saturated heterocycles. The quantitative estimate of drug-likeness (QED) is 0.191. The van der Waals surface area contributed by atoms with Crippen molar-refractivity contribution in [3.8, 4) is 11.4 Å². The summed E-state index contributed by atoms with van der Waals surface area (Å²) in [6.07, 6.45) is 9.80. The van der Waals surface area contributed by atoms with Gasteiger partial charge in [-0.2, -0.15) is 0 Å². The Bertz CT molecular complexity index is 2200. The van der Waals surface area contributed by atoms with Crippen LogP contribution in [0, 0.1) is 0 Å². The number of fused-ring (bicyclic) bond motifs is 4. The molecule has 1 aliphatic carbocycles. The Morgan fingerprint density at radius 2 is 1.91 bits per heavy atom. The van der Waals surface area contributed by atoms with Crippen LogP contribution in [0.2, 0.25) is 0 Å². The first-order valence-corrected chi connectivity index (χ1v) is 18.8. The van der Waals surface area contributed by atoms with Crippen molar-refractivity contribution in [1.29, 1.82) is 0 Å². The number of hydrogen-bond donors (Lipinski definition) is 3. The molecule has 16 heteroatoms. The molecule has 16 nitrogen and oxygen atoms in total. The molecule has 4 aromatic rings. The van der Waals surface area contributed by atoms with Crippen LogP contribution in [0.15, 0.2) is 48.9 Å². The second-order valence-corrected chi connectivity index (χ2v) is 14.3. The minimum absolute atomic E-state index is 0.0154. The van der Waals surface area contributed by atoms with Crippen molar-refractivity contribution in [2.75, 3.05) is 23.9 Å². The van der Waals surface area contributed by atoms with E-state index >= 15 is 0 Å². The summed E-state index contributed by atoms with van der Waals surface area (Å²) in [6, 6.07) is 9.91. The molecule has 2 aromatic heterocycles. The van der Waals surface area contributed by atoms with Crippen LogP contribution in [0.4, 0.5) is 11.5 Å². The average molecular weight is 747 g/mol. The van der Waals surface area contributed by atoms with Crippen LogP contribution in [0.1, 0.15) is 108 Å².